The minimum Gasteiger partial charge on any atom is -0.388 e. The van der Waals surface area contributed by atoms with Crippen LogP contribution in [-0.2, 0) is 0 Å². The van der Waals surface area contributed by atoms with Gasteiger partial charge in [-0.2, -0.15) is 4.98 Å². The van der Waals surface area contributed by atoms with Gasteiger partial charge in [0, 0.05) is 24.7 Å². The summed E-state index contributed by atoms with van der Waals surface area (Å²) in [5, 5.41) is 10.3. The Hall–Kier alpha value is -1.36. The first-order valence-corrected chi connectivity index (χ1v) is 5.38. The maximum Gasteiger partial charge on any atom is 0.227 e. The third-order valence-electron chi connectivity index (χ3n) is 3.49. The zero-order chi connectivity index (χ0) is 12.0. The van der Waals surface area contributed by atoms with Crippen molar-refractivity contribution in [2.45, 2.75) is 26.4 Å². The number of β-amino-alcohol motifs (C(OH)–C–C–N with tert-alkyl or cyclic N) is 1. The van der Waals surface area contributed by atoms with E-state index in [0.29, 0.717) is 18.3 Å². The Morgan fingerprint density at radius 1 is 1.38 bits per heavy atom. The summed E-state index contributed by atoms with van der Waals surface area (Å²) in [6, 6.07) is 1.66. The third-order valence-corrected chi connectivity index (χ3v) is 3.49. The zero-order valence-corrected chi connectivity index (χ0v) is 9.94. The molecular weight excluding hydrogens is 204 g/mol. The summed E-state index contributed by atoms with van der Waals surface area (Å²) in [6.45, 7) is 7.19. The van der Waals surface area contributed by atoms with Crippen LogP contribution in [0, 0.1) is 5.41 Å². The highest BCUT2D eigenvalue weighted by molar-refractivity contribution is 5.40. The molecular formula is C11H18N4O. The summed E-state index contributed by atoms with van der Waals surface area (Å²) in [6.07, 6.45) is 1.64. The Morgan fingerprint density at radius 2 is 2.06 bits per heavy atom. The van der Waals surface area contributed by atoms with Gasteiger partial charge in [0.15, 0.2) is 0 Å². The van der Waals surface area contributed by atoms with Crippen molar-refractivity contribution in [3.8, 4) is 0 Å². The SMILES string of the molecule is CC1(C)CN(c2nccc(N)n2)CC1(C)O. The maximum atomic E-state index is 10.3. The molecule has 5 heteroatoms. The standard InChI is InChI=1S/C11H18N4O/c1-10(2)6-15(7-11(10,3)16)9-13-5-4-8(12)14-9/h4-5,16H,6-7H2,1-3H3,(H2,12,13,14). The fourth-order valence-corrected chi connectivity index (χ4v) is 1.94. The molecule has 0 spiro atoms. The molecule has 0 bridgehead atoms. The van der Waals surface area contributed by atoms with E-state index in [2.05, 4.69) is 9.97 Å². The molecule has 0 amide bonds. The predicted octanol–water partition coefficient (Wildman–Crippen LogP) is 0.656. The normalized spacial score (nSPS) is 28.4. The number of nitrogens with zero attached hydrogens (tertiary/aromatic N) is 3. The second-order valence-electron chi connectivity index (χ2n) is 5.30. The van der Waals surface area contributed by atoms with Crippen LogP contribution in [0.5, 0.6) is 0 Å². The van der Waals surface area contributed by atoms with Crippen LogP contribution >= 0.6 is 0 Å². The largest absolute Gasteiger partial charge is 0.388 e. The minimum absolute atomic E-state index is 0.180. The molecule has 0 aromatic carbocycles. The van der Waals surface area contributed by atoms with Gasteiger partial charge in [0.25, 0.3) is 0 Å². The second kappa shape index (κ2) is 3.31. The van der Waals surface area contributed by atoms with E-state index in [1.807, 2.05) is 25.7 Å². The Labute approximate surface area is 95.3 Å². The van der Waals surface area contributed by atoms with Crippen LogP contribution in [0.15, 0.2) is 12.3 Å². The third kappa shape index (κ3) is 1.71. The molecule has 2 rings (SSSR count). The van der Waals surface area contributed by atoms with E-state index in [1.54, 1.807) is 12.3 Å². The summed E-state index contributed by atoms with van der Waals surface area (Å²) in [4.78, 5) is 10.3. The summed E-state index contributed by atoms with van der Waals surface area (Å²) < 4.78 is 0. The number of hydrogen-bond acceptors (Lipinski definition) is 5. The number of nitrogen functional groups attached to an aromatic ring is 1. The zero-order valence-electron chi connectivity index (χ0n) is 9.94. The van der Waals surface area contributed by atoms with Gasteiger partial charge < -0.3 is 15.7 Å². The quantitative estimate of drug-likeness (QED) is 0.730. The number of rotatable bonds is 1. The molecule has 88 valence electrons. The highest BCUT2D eigenvalue weighted by atomic mass is 16.3. The minimum atomic E-state index is -0.735. The molecule has 0 saturated carbocycles. The molecule has 1 atom stereocenters. The van der Waals surface area contributed by atoms with Crippen molar-refractivity contribution < 1.29 is 5.11 Å². The summed E-state index contributed by atoms with van der Waals surface area (Å²) in [5.41, 5.74) is 4.71. The Kier molecular flexibility index (Phi) is 2.31. The van der Waals surface area contributed by atoms with E-state index < -0.39 is 5.60 Å². The van der Waals surface area contributed by atoms with Crippen molar-refractivity contribution in [2.24, 2.45) is 5.41 Å². The summed E-state index contributed by atoms with van der Waals surface area (Å²) in [5.74, 6) is 1.04. The van der Waals surface area contributed by atoms with Crippen LogP contribution in [0.4, 0.5) is 11.8 Å². The number of aliphatic hydroxyl groups is 1. The van der Waals surface area contributed by atoms with Crippen LogP contribution in [0.2, 0.25) is 0 Å². The second-order valence-corrected chi connectivity index (χ2v) is 5.30. The van der Waals surface area contributed by atoms with E-state index in [0.717, 1.165) is 6.54 Å². The Bertz CT molecular complexity index is 387. The number of aromatic nitrogens is 2. The van der Waals surface area contributed by atoms with Crippen molar-refractivity contribution in [3.63, 3.8) is 0 Å². The van der Waals surface area contributed by atoms with Gasteiger partial charge in [-0.15, -0.1) is 0 Å². The molecule has 5 nitrogen and oxygen atoms in total. The molecule has 3 N–H and O–H groups in total. The fourth-order valence-electron chi connectivity index (χ4n) is 1.94. The number of anilines is 2. The van der Waals surface area contributed by atoms with Gasteiger partial charge in [0.1, 0.15) is 5.82 Å². The topological polar surface area (TPSA) is 75.3 Å². The smallest absolute Gasteiger partial charge is 0.227 e. The van der Waals surface area contributed by atoms with Crippen LogP contribution in [0.1, 0.15) is 20.8 Å². The van der Waals surface area contributed by atoms with Crippen LogP contribution in [0.3, 0.4) is 0 Å². The molecule has 2 heterocycles. The first-order chi connectivity index (χ1) is 7.32. The monoisotopic (exact) mass is 222 g/mol. The van der Waals surface area contributed by atoms with E-state index in [9.17, 15) is 5.11 Å². The van der Waals surface area contributed by atoms with Crippen molar-refractivity contribution >= 4 is 11.8 Å². The first kappa shape index (κ1) is 11.1. The lowest BCUT2D eigenvalue weighted by Crippen LogP contribution is -2.40. The molecule has 1 unspecified atom stereocenters. The van der Waals surface area contributed by atoms with Crippen molar-refractivity contribution in [1.29, 1.82) is 0 Å². The van der Waals surface area contributed by atoms with Gasteiger partial charge in [-0.3, -0.25) is 0 Å². The highest BCUT2D eigenvalue weighted by Crippen LogP contribution is 2.39. The van der Waals surface area contributed by atoms with Crippen LogP contribution < -0.4 is 10.6 Å². The average Bonchev–Trinajstić information content (AvgIpc) is 2.36. The lowest BCUT2D eigenvalue weighted by Gasteiger charge is -2.30. The van der Waals surface area contributed by atoms with Gasteiger partial charge >= 0.3 is 0 Å². The van der Waals surface area contributed by atoms with E-state index in [4.69, 9.17) is 5.73 Å². The Morgan fingerprint density at radius 3 is 2.56 bits per heavy atom. The van der Waals surface area contributed by atoms with Crippen LogP contribution in [0.25, 0.3) is 0 Å². The van der Waals surface area contributed by atoms with E-state index >= 15 is 0 Å². The van der Waals surface area contributed by atoms with Gasteiger partial charge in [-0.25, -0.2) is 4.98 Å². The first-order valence-electron chi connectivity index (χ1n) is 5.38. The van der Waals surface area contributed by atoms with E-state index in [-0.39, 0.29) is 5.41 Å². The highest BCUT2D eigenvalue weighted by Gasteiger charge is 2.48. The van der Waals surface area contributed by atoms with Crippen LogP contribution in [-0.4, -0.2) is 33.8 Å². The van der Waals surface area contributed by atoms with Gasteiger partial charge in [-0.1, -0.05) is 13.8 Å². The lowest BCUT2D eigenvalue weighted by molar-refractivity contribution is -0.00891. The molecule has 1 aromatic heterocycles. The van der Waals surface area contributed by atoms with E-state index in [1.165, 1.54) is 0 Å². The van der Waals surface area contributed by atoms with Crippen molar-refractivity contribution in [2.75, 3.05) is 23.7 Å². The number of nitrogens with two attached hydrogens (primary N) is 1. The summed E-state index contributed by atoms with van der Waals surface area (Å²) in [7, 11) is 0. The Balaban J connectivity index is 2.27. The van der Waals surface area contributed by atoms with Crippen molar-refractivity contribution in [3.05, 3.63) is 12.3 Å². The van der Waals surface area contributed by atoms with Gasteiger partial charge in [-0.05, 0) is 13.0 Å². The molecule has 1 saturated heterocycles. The molecule has 0 radical (unpaired) electrons. The molecule has 1 aliphatic rings. The van der Waals surface area contributed by atoms with Gasteiger partial charge in [0.2, 0.25) is 5.95 Å². The molecule has 16 heavy (non-hydrogen) atoms. The molecule has 1 aromatic rings. The molecule has 1 aliphatic heterocycles. The average molecular weight is 222 g/mol. The fraction of sp³-hybridized carbons (Fsp3) is 0.636. The van der Waals surface area contributed by atoms with Crippen molar-refractivity contribution in [1.82, 2.24) is 9.97 Å². The maximum absolute atomic E-state index is 10.3. The number of hydrogen-bond donors (Lipinski definition) is 2. The lowest BCUT2D eigenvalue weighted by atomic mass is 9.79. The molecule has 1 fully saturated rings. The summed E-state index contributed by atoms with van der Waals surface area (Å²) >= 11 is 0. The molecule has 0 aliphatic carbocycles. The predicted molar refractivity (Wildman–Crippen MR) is 63.1 cm³/mol. The van der Waals surface area contributed by atoms with Gasteiger partial charge in [0.05, 0.1) is 5.60 Å².